The molecule has 0 aliphatic heterocycles. The first kappa shape index (κ1) is 25.4. The highest BCUT2D eigenvalue weighted by molar-refractivity contribution is 5.80. The molecule has 2 heterocycles. The molecule has 0 unspecified atom stereocenters. The van der Waals surface area contributed by atoms with Gasteiger partial charge in [-0.1, -0.05) is 67.6 Å². The second-order valence-corrected chi connectivity index (χ2v) is 9.30. The first-order valence-electron chi connectivity index (χ1n) is 13.0. The summed E-state index contributed by atoms with van der Waals surface area (Å²) in [6, 6.07) is 28.1. The highest BCUT2D eigenvalue weighted by atomic mass is 16.5. The maximum atomic E-state index is 13.2. The van der Waals surface area contributed by atoms with E-state index in [9.17, 15) is 4.79 Å². The van der Waals surface area contributed by atoms with Crippen LogP contribution >= 0.6 is 0 Å². The van der Waals surface area contributed by atoms with Gasteiger partial charge in [-0.3, -0.25) is 9.69 Å². The number of benzene rings is 3. The zero-order chi connectivity index (χ0) is 26.3. The van der Waals surface area contributed by atoms with Crippen molar-refractivity contribution in [3.63, 3.8) is 0 Å². The van der Waals surface area contributed by atoms with E-state index in [1.807, 2.05) is 72.3 Å². The molecule has 1 atom stereocenters. The van der Waals surface area contributed by atoms with Crippen molar-refractivity contribution >= 4 is 10.9 Å². The molecule has 0 amide bonds. The van der Waals surface area contributed by atoms with Crippen LogP contribution in [0, 0.1) is 0 Å². The Kier molecular flexibility index (Phi) is 7.89. The summed E-state index contributed by atoms with van der Waals surface area (Å²) in [5.41, 5.74) is 3.65. The fourth-order valence-corrected chi connectivity index (χ4v) is 4.84. The number of pyridine rings is 1. The van der Waals surface area contributed by atoms with Gasteiger partial charge < -0.3 is 9.72 Å². The second-order valence-electron chi connectivity index (χ2n) is 9.30. The van der Waals surface area contributed by atoms with Crippen LogP contribution in [0.15, 0.2) is 89.7 Å². The summed E-state index contributed by atoms with van der Waals surface area (Å²) in [4.78, 5) is 18.5. The van der Waals surface area contributed by atoms with Crippen LogP contribution in [-0.4, -0.2) is 36.7 Å². The van der Waals surface area contributed by atoms with Gasteiger partial charge in [-0.05, 0) is 59.2 Å². The summed E-state index contributed by atoms with van der Waals surface area (Å²) in [5.74, 6) is 1.56. The van der Waals surface area contributed by atoms with Gasteiger partial charge in [0.1, 0.15) is 5.75 Å². The Labute approximate surface area is 221 Å². The molecule has 0 aliphatic carbocycles. The van der Waals surface area contributed by atoms with Crippen molar-refractivity contribution in [3.8, 4) is 5.75 Å². The summed E-state index contributed by atoms with van der Waals surface area (Å²) >= 11 is 0. The van der Waals surface area contributed by atoms with Crippen molar-refractivity contribution in [1.29, 1.82) is 0 Å². The van der Waals surface area contributed by atoms with E-state index in [-0.39, 0.29) is 11.6 Å². The van der Waals surface area contributed by atoms with Crippen LogP contribution in [0.25, 0.3) is 10.9 Å². The molecule has 2 aromatic heterocycles. The first-order chi connectivity index (χ1) is 18.6. The summed E-state index contributed by atoms with van der Waals surface area (Å²) < 4.78 is 7.54. The summed E-state index contributed by atoms with van der Waals surface area (Å²) in [7, 11) is 0. The number of aromatic amines is 1. The smallest absolute Gasteiger partial charge is 0.252 e. The fourth-order valence-electron chi connectivity index (χ4n) is 4.84. The third kappa shape index (κ3) is 5.81. The van der Waals surface area contributed by atoms with E-state index in [4.69, 9.17) is 4.74 Å². The minimum atomic E-state index is -0.0987. The number of ether oxygens (including phenoxy) is 1. The normalized spacial score (nSPS) is 12.2. The van der Waals surface area contributed by atoms with Crippen LogP contribution < -0.4 is 10.3 Å². The number of tetrazole rings is 1. The molecule has 5 aromatic rings. The van der Waals surface area contributed by atoms with E-state index in [2.05, 4.69) is 56.6 Å². The number of rotatable bonds is 11. The van der Waals surface area contributed by atoms with Crippen molar-refractivity contribution in [3.05, 3.63) is 118 Å². The highest BCUT2D eigenvalue weighted by Crippen LogP contribution is 2.27. The zero-order valence-corrected chi connectivity index (χ0v) is 21.7. The minimum absolute atomic E-state index is 0.0984. The Hall–Kier alpha value is -4.30. The molecule has 3 aromatic carbocycles. The Morgan fingerprint density at radius 2 is 1.66 bits per heavy atom. The Bertz CT molecular complexity index is 1530. The number of aromatic nitrogens is 5. The van der Waals surface area contributed by atoms with Gasteiger partial charge in [-0.2, -0.15) is 0 Å². The van der Waals surface area contributed by atoms with Crippen LogP contribution in [0.3, 0.4) is 0 Å². The molecular formula is C30H32N6O2. The number of H-pyrrole nitrogens is 1. The van der Waals surface area contributed by atoms with Crippen LogP contribution in [0.1, 0.15) is 48.8 Å². The predicted molar refractivity (Wildman–Crippen MR) is 148 cm³/mol. The lowest BCUT2D eigenvalue weighted by Crippen LogP contribution is -2.32. The van der Waals surface area contributed by atoms with Gasteiger partial charge in [-0.25, -0.2) is 4.68 Å². The van der Waals surface area contributed by atoms with Crippen LogP contribution in [0.5, 0.6) is 5.75 Å². The Morgan fingerprint density at radius 1 is 0.921 bits per heavy atom. The summed E-state index contributed by atoms with van der Waals surface area (Å²) in [6.07, 6.45) is 0.780. The number of fused-ring (bicyclic) bond motifs is 1. The van der Waals surface area contributed by atoms with E-state index >= 15 is 0 Å². The average molecular weight is 509 g/mol. The molecule has 0 spiro atoms. The monoisotopic (exact) mass is 508 g/mol. The quantitative estimate of drug-likeness (QED) is 0.267. The van der Waals surface area contributed by atoms with Gasteiger partial charge in [0, 0.05) is 29.6 Å². The fraction of sp³-hybridized carbons (Fsp3) is 0.267. The molecule has 0 bridgehead atoms. The standard InChI is InChI=1S/C30H32N6O2/c1-3-28(29-32-33-34-36(29)20-23-13-9-6-10-14-23)35(19-22-11-7-5-8-12-22)21-25-17-24-18-26(38-4-2)15-16-27(24)31-30(25)37/h5-18,28H,3-4,19-21H2,1-2H3,(H,31,37)/t28-/m1/s1. The molecule has 0 radical (unpaired) electrons. The molecular weight excluding hydrogens is 476 g/mol. The lowest BCUT2D eigenvalue weighted by molar-refractivity contribution is 0.161. The molecule has 8 nitrogen and oxygen atoms in total. The lowest BCUT2D eigenvalue weighted by Gasteiger charge is -2.30. The Balaban J connectivity index is 1.51. The third-order valence-electron chi connectivity index (χ3n) is 6.67. The molecule has 0 saturated heterocycles. The predicted octanol–water partition coefficient (Wildman–Crippen LogP) is 5.12. The lowest BCUT2D eigenvalue weighted by atomic mass is 10.1. The van der Waals surface area contributed by atoms with E-state index in [1.165, 1.54) is 0 Å². The van der Waals surface area contributed by atoms with Gasteiger partial charge in [0.25, 0.3) is 5.56 Å². The van der Waals surface area contributed by atoms with Gasteiger partial charge >= 0.3 is 0 Å². The summed E-state index contributed by atoms with van der Waals surface area (Å²) in [5, 5.41) is 13.7. The number of hydrogen-bond acceptors (Lipinski definition) is 6. The van der Waals surface area contributed by atoms with Crippen molar-refractivity contribution < 1.29 is 4.74 Å². The highest BCUT2D eigenvalue weighted by Gasteiger charge is 2.26. The van der Waals surface area contributed by atoms with Gasteiger partial charge in [-0.15, -0.1) is 5.10 Å². The van der Waals surface area contributed by atoms with Crippen LogP contribution in [0.4, 0.5) is 0 Å². The van der Waals surface area contributed by atoms with E-state index < -0.39 is 0 Å². The molecule has 8 heteroatoms. The van der Waals surface area contributed by atoms with Crippen molar-refractivity contribution in [1.82, 2.24) is 30.1 Å². The molecule has 0 fully saturated rings. The third-order valence-corrected chi connectivity index (χ3v) is 6.67. The van der Waals surface area contributed by atoms with Gasteiger partial charge in [0.05, 0.1) is 19.2 Å². The van der Waals surface area contributed by atoms with Crippen LogP contribution in [-0.2, 0) is 19.6 Å². The second kappa shape index (κ2) is 11.8. The molecule has 0 saturated carbocycles. The van der Waals surface area contributed by atoms with E-state index in [1.54, 1.807) is 0 Å². The molecule has 194 valence electrons. The number of hydrogen-bond donors (Lipinski definition) is 1. The van der Waals surface area contributed by atoms with Gasteiger partial charge in [0.2, 0.25) is 0 Å². The molecule has 1 N–H and O–H groups in total. The largest absolute Gasteiger partial charge is 0.494 e. The average Bonchev–Trinajstić information content (AvgIpc) is 3.38. The number of nitrogens with one attached hydrogen (secondary N) is 1. The van der Waals surface area contributed by atoms with E-state index in [0.717, 1.165) is 40.0 Å². The van der Waals surface area contributed by atoms with E-state index in [0.29, 0.717) is 31.8 Å². The number of nitrogens with zero attached hydrogens (tertiary/aromatic N) is 5. The van der Waals surface area contributed by atoms with Crippen molar-refractivity contribution in [2.24, 2.45) is 0 Å². The van der Waals surface area contributed by atoms with Crippen molar-refractivity contribution in [2.75, 3.05) is 6.61 Å². The molecule has 38 heavy (non-hydrogen) atoms. The summed E-state index contributed by atoms with van der Waals surface area (Å²) in [6.45, 7) is 6.34. The molecule has 5 rings (SSSR count). The maximum Gasteiger partial charge on any atom is 0.252 e. The topological polar surface area (TPSA) is 88.9 Å². The van der Waals surface area contributed by atoms with Gasteiger partial charge in [0.15, 0.2) is 5.82 Å². The first-order valence-corrected chi connectivity index (χ1v) is 13.0. The zero-order valence-electron chi connectivity index (χ0n) is 21.7. The van der Waals surface area contributed by atoms with Crippen LogP contribution in [0.2, 0.25) is 0 Å². The molecule has 0 aliphatic rings. The minimum Gasteiger partial charge on any atom is -0.494 e. The maximum absolute atomic E-state index is 13.2. The van der Waals surface area contributed by atoms with Crippen molar-refractivity contribution in [2.45, 2.75) is 45.9 Å². The Morgan fingerprint density at radius 3 is 2.37 bits per heavy atom. The SMILES string of the molecule is CCOc1ccc2[nH]c(=O)c(CN(Cc3ccccc3)[C@H](CC)c3nnnn3Cc3ccccc3)cc2c1.